The van der Waals surface area contributed by atoms with Crippen molar-refractivity contribution in [2.24, 2.45) is 0 Å². The number of fused-ring (bicyclic) bond motifs is 1. The number of amides is 1. The number of anilines is 2. The third-order valence-electron chi connectivity index (χ3n) is 3.54. The van der Waals surface area contributed by atoms with Gasteiger partial charge < -0.3 is 10.6 Å². The zero-order valence-electron chi connectivity index (χ0n) is 12.8. The molecular weight excluding hydrogens is 378 g/mol. The van der Waals surface area contributed by atoms with Gasteiger partial charge in [0.2, 0.25) is 10.0 Å². The van der Waals surface area contributed by atoms with Gasteiger partial charge in [-0.25, -0.2) is 12.8 Å². The number of halogens is 4. The molecule has 11 heteroatoms. The number of alkyl halides is 3. The summed E-state index contributed by atoms with van der Waals surface area (Å²) in [6.07, 6.45) is -6.21. The van der Waals surface area contributed by atoms with Gasteiger partial charge in [0.15, 0.2) is 6.17 Å². The minimum atomic E-state index is -4.67. The van der Waals surface area contributed by atoms with Crippen LogP contribution in [-0.2, 0) is 21.0 Å². The van der Waals surface area contributed by atoms with Crippen molar-refractivity contribution in [2.75, 3.05) is 10.6 Å². The Labute approximate surface area is 145 Å². The summed E-state index contributed by atoms with van der Waals surface area (Å²) in [5, 5.41) is 4.76. The monoisotopic (exact) mass is 389 g/mol. The minimum Gasteiger partial charge on any atom is -0.360 e. The van der Waals surface area contributed by atoms with Gasteiger partial charge in [0.1, 0.15) is 10.7 Å². The highest BCUT2D eigenvalue weighted by molar-refractivity contribution is 7.89. The molecule has 0 radical (unpaired) electrons. The fourth-order valence-electron chi connectivity index (χ4n) is 2.32. The number of hydrogen-bond donors (Lipinski definition) is 3. The van der Waals surface area contributed by atoms with E-state index in [0.717, 1.165) is 18.2 Å². The topological polar surface area (TPSA) is 87.3 Å². The number of carbonyl (C=O) groups excluding carboxylic acids is 1. The van der Waals surface area contributed by atoms with Crippen LogP contribution in [0, 0.1) is 5.82 Å². The van der Waals surface area contributed by atoms with Crippen molar-refractivity contribution in [3.05, 3.63) is 53.8 Å². The van der Waals surface area contributed by atoms with Gasteiger partial charge in [0.05, 0.1) is 11.3 Å². The number of nitrogens with one attached hydrogen (secondary N) is 3. The highest BCUT2D eigenvalue weighted by Crippen LogP contribution is 2.35. The first-order valence-corrected chi connectivity index (χ1v) is 8.61. The second-order valence-corrected chi connectivity index (χ2v) is 7.09. The second kappa shape index (κ2) is 6.25. The van der Waals surface area contributed by atoms with Crippen LogP contribution in [0.2, 0.25) is 0 Å². The normalized spacial score (nSPS) is 18.5. The second-order valence-electron chi connectivity index (χ2n) is 5.40. The molecule has 0 fully saturated rings. The summed E-state index contributed by atoms with van der Waals surface area (Å²) >= 11 is 0. The first-order chi connectivity index (χ1) is 12.1. The summed E-state index contributed by atoms with van der Waals surface area (Å²) in [5.74, 6) is -1.41. The number of carbonyl (C=O) groups is 1. The van der Waals surface area contributed by atoms with Gasteiger partial charge in [-0.15, -0.1) is 0 Å². The molecule has 6 nitrogen and oxygen atoms in total. The molecule has 1 atom stereocenters. The molecular formula is C15H11F4N3O3S. The minimum absolute atomic E-state index is 0.187. The lowest BCUT2D eigenvalue weighted by Gasteiger charge is -2.27. The summed E-state index contributed by atoms with van der Waals surface area (Å²) < 4.78 is 77.7. The fraction of sp³-hybridized carbons (Fsp3) is 0.133. The number of rotatable bonds is 2. The average molecular weight is 389 g/mol. The maximum Gasteiger partial charge on any atom is 0.416 e. The maximum absolute atomic E-state index is 12.9. The smallest absolute Gasteiger partial charge is 0.360 e. The van der Waals surface area contributed by atoms with Crippen molar-refractivity contribution in [1.29, 1.82) is 0 Å². The van der Waals surface area contributed by atoms with Crippen LogP contribution in [-0.4, -0.2) is 20.5 Å². The zero-order valence-corrected chi connectivity index (χ0v) is 13.6. The Hall–Kier alpha value is -2.66. The molecule has 0 aliphatic carbocycles. The lowest BCUT2D eigenvalue weighted by molar-refractivity contribution is -0.137. The predicted octanol–water partition coefficient (Wildman–Crippen LogP) is 2.51. The Morgan fingerprint density at radius 3 is 2.35 bits per heavy atom. The SMILES string of the molecule is O=C(Nc1ccc(F)cc1)[C@@H]1Nc2cc(C(F)(F)F)ccc2S(=O)(=O)N1. The standard InChI is InChI=1S/C15H11F4N3O3S/c16-9-2-4-10(5-3-9)20-14(23)13-21-11-7-8(15(17,18)19)1-6-12(11)26(24,25)22-13/h1-7,13,21-22H,(H,20,23)/t13-/m1/s1. The molecule has 3 N–H and O–H groups in total. The van der Waals surface area contributed by atoms with Crippen LogP contribution in [0.4, 0.5) is 28.9 Å². The Morgan fingerprint density at radius 2 is 1.73 bits per heavy atom. The summed E-state index contributed by atoms with van der Waals surface area (Å²) in [6.45, 7) is 0. The van der Waals surface area contributed by atoms with Gasteiger partial charge in [-0.2, -0.15) is 17.9 Å². The van der Waals surface area contributed by atoms with E-state index in [1.807, 2.05) is 4.72 Å². The first-order valence-electron chi connectivity index (χ1n) is 7.13. The zero-order chi connectivity index (χ0) is 19.1. The van der Waals surface area contributed by atoms with E-state index in [2.05, 4.69) is 10.6 Å². The Balaban J connectivity index is 1.88. The molecule has 0 unspecified atom stereocenters. The third-order valence-corrected chi connectivity index (χ3v) is 5.02. The van der Waals surface area contributed by atoms with E-state index in [1.165, 1.54) is 12.1 Å². The van der Waals surface area contributed by atoms with E-state index >= 15 is 0 Å². The van der Waals surface area contributed by atoms with Crippen molar-refractivity contribution >= 4 is 27.3 Å². The quantitative estimate of drug-likeness (QED) is 0.689. The maximum atomic E-state index is 12.9. The third kappa shape index (κ3) is 3.63. The molecule has 2 aromatic carbocycles. The van der Waals surface area contributed by atoms with Gasteiger partial charge in [0.25, 0.3) is 5.91 Å². The molecule has 0 saturated carbocycles. The Bertz CT molecular complexity index is 959. The number of sulfonamides is 1. The van der Waals surface area contributed by atoms with Gasteiger partial charge in [-0.05, 0) is 42.5 Å². The van der Waals surface area contributed by atoms with E-state index in [-0.39, 0.29) is 11.4 Å². The predicted molar refractivity (Wildman–Crippen MR) is 84.2 cm³/mol. The molecule has 1 amide bonds. The molecule has 0 spiro atoms. The van der Waals surface area contributed by atoms with E-state index in [9.17, 15) is 30.8 Å². The summed E-state index contributed by atoms with van der Waals surface area (Å²) in [6, 6.07) is 6.73. The van der Waals surface area contributed by atoms with Gasteiger partial charge in [-0.1, -0.05) is 0 Å². The largest absolute Gasteiger partial charge is 0.416 e. The van der Waals surface area contributed by atoms with Gasteiger partial charge in [0, 0.05) is 5.69 Å². The molecule has 138 valence electrons. The van der Waals surface area contributed by atoms with E-state index in [1.54, 1.807) is 0 Å². The van der Waals surface area contributed by atoms with Crippen LogP contribution in [0.5, 0.6) is 0 Å². The van der Waals surface area contributed by atoms with Crippen molar-refractivity contribution in [3.8, 4) is 0 Å². The fourth-order valence-corrected chi connectivity index (χ4v) is 3.58. The number of hydrogen-bond acceptors (Lipinski definition) is 4. The highest BCUT2D eigenvalue weighted by Gasteiger charge is 2.37. The van der Waals surface area contributed by atoms with E-state index < -0.39 is 44.5 Å². The molecule has 26 heavy (non-hydrogen) atoms. The first kappa shape index (κ1) is 18.1. The van der Waals surface area contributed by atoms with Crippen molar-refractivity contribution < 1.29 is 30.8 Å². The summed E-state index contributed by atoms with van der Waals surface area (Å²) in [4.78, 5) is 11.8. The molecule has 1 aliphatic heterocycles. The Morgan fingerprint density at radius 1 is 1.08 bits per heavy atom. The van der Waals surface area contributed by atoms with E-state index in [0.29, 0.717) is 12.1 Å². The molecule has 0 aromatic heterocycles. The van der Waals surface area contributed by atoms with Crippen LogP contribution in [0.3, 0.4) is 0 Å². The lowest BCUT2D eigenvalue weighted by Crippen LogP contribution is -2.51. The van der Waals surface area contributed by atoms with Crippen molar-refractivity contribution in [1.82, 2.24) is 4.72 Å². The Kier molecular flexibility index (Phi) is 4.36. The van der Waals surface area contributed by atoms with Crippen molar-refractivity contribution in [2.45, 2.75) is 17.2 Å². The van der Waals surface area contributed by atoms with E-state index in [4.69, 9.17) is 0 Å². The molecule has 0 bridgehead atoms. The molecule has 1 aliphatic rings. The number of benzene rings is 2. The van der Waals surface area contributed by atoms with Crippen LogP contribution >= 0.6 is 0 Å². The van der Waals surface area contributed by atoms with Crippen LogP contribution < -0.4 is 15.4 Å². The molecule has 1 heterocycles. The van der Waals surface area contributed by atoms with Gasteiger partial charge in [-0.3, -0.25) is 4.79 Å². The summed E-state index contributed by atoms with van der Waals surface area (Å²) in [5.41, 5.74) is -1.22. The molecule has 2 aromatic rings. The van der Waals surface area contributed by atoms with Crippen LogP contribution in [0.25, 0.3) is 0 Å². The van der Waals surface area contributed by atoms with Gasteiger partial charge >= 0.3 is 6.18 Å². The highest BCUT2D eigenvalue weighted by atomic mass is 32.2. The van der Waals surface area contributed by atoms with Crippen LogP contribution in [0.1, 0.15) is 5.56 Å². The summed E-state index contributed by atoms with van der Waals surface area (Å²) in [7, 11) is -4.20. The molecule has 0 saturated heterocycles. The van der Waals surface area contributed by atoms with Crippen LogP contribution in [0.15, 0.2) is 47.4 Å². The lowest BCUT2D eigenvalue weighted by atomic mass is 10.2. The van der Waals surface area contributed by atoms with Crippen molar-refractivity contribution in [3.63, 3.8) is 0 Å². The average Bonchev–Trinajstić information content (AvgIpc) is 2.55. The molecule has 3 rings (SSSR count).